The van der Waals surface area contributed by atoms with Gasteiger partial charge in [0.15, 0.2) is 0 Å². The molecule has 4 aromatic rings. The van der Waals surface area contributed by atoms with E-state index in [-0.39, 0.29) is 10.6 Å². The average Bonchev–Trinajstić information content (AvgIpc) is 2.84. The summed E-state index contributed by atoms with van der Waals surface area (Å²) in [6, 6.07) is 26.1. The number of nitrogens with zero attached hydrogens (tertiary/aromatic N) is 2. The van der Waals surface area contributed by atoms with Crippen molar-refractivity contribution in [3.8, 4) is 0 Å². The molecule has 0 heterocycles. The van der Waals surface area contributed by atoms with E-state index in [2.05, 4.69) is 10.5 Å². The van der Waals surface area contributed by atoms with Crippen LogP contribution in [0.15, 0.2) is 107 Å². The normalized spacial score (nSPS) is 11.5. The fourth-order valence-electron chi connectivity index (χ4n) is 3.34. The highest BCUT2D eigenvalue weighted by Crippen LogP contribution is 2.23. The molecule has 0 aliphatic heterocycles. The van der Waals surface area contributed by atoms with Crippen LogP contribution >= 0.6 is 0 Å². The summed E-state index contributed by atoms with van der Waals surface area (Å²) < 4.78 is 40.7. The lowest BCUT2D eigenvalue weighted by Crippen LogP contribution is -2.39. The van der Waals surface area contributed by atoms with Gasteiger partial charge in [-0.05, 0) is 47.2 Å². The molecule has 8 heteroatoms. The first-order valence-corrected chi connectivity index (χ1v) is 11.5. The number of rotatable bonds is 7. The van der Waals surface area contributed by atoms with Crippen molar-refractivity contribution in [2.75, 3.05) is 10.8 Å². The van der Waals surface area contributed by atoms with Crippen LogP contribution < -0.4 is 9.73 Å². The molecule has 0 aliphatic rings. The number of nitrogens with one attached hydrogen (secondary N) is 1. The Balaban J connectivity index is 1.56. The lowest BCUT2D eigenvalue weighted by Gasteiger charge is -2.23. The van der Waals surface area contributed by atoms with Gasteiger partial charge in [-0.2, -0.15) is 5.10 Å². The molecule has 0 aromatic heterocycles. The number of hydrogen-bond donors (Lipinski definition) is 1. The summed E-state index contributed by atoms with van der Waals surface area (Å²) in [4.78, 5) is 12.6. The molecule has 0 unspecified atom stereocenters. The summed E-state index contributed by atoms with van der Waals surface area (Å²) in [6.45, 7) is -0.532. The van der Waals surface area contributed by atoms with E-state index in [0.717, 1.165) is 32.8 Å². The minimum atomic E-state index is -4.07. The summed E-state index contributed by atoms with van der Waals surface area (Å²) in [5.74, 6) is -1.16. The van der Waals surface area contributed by atoms with Crippen LogP contribution in [-0.4, -0.2) is 27.1 Å². The van der Waals surface area contributed by atoms with Crippen LogP contribution in [0.2, 0.25) is 0 Å². The molecule has 6 nitrogen and oxygen atoms in total. The zero-order chi connectivity index (χ0) is 23.3. The molecular weight excluding hydrogens is 441 g/mol. The van der Waals surface area contributed by atoms with Gasteiger partial charge in [-0.15, -0.1) is 0 Å². The van der Waals surface area contributed by atoms with Gasteiger partial charge < -0.3 is 0 Å². The highest BCUT2D eigenvalue weighted by Gasteiger charge is 2.27. The van der Waals surface area contributed by atoms with Gasteiger partial charge >= 0.3 is 0 Å². The Morgan fingerprint density at radius 3 is 2.30 bits per heavy atom. The number of halogens is 1. The molecule has 0 radical (unpaired) electrons. The van der Waals surface area contributed by atoms with E-state index in [4.69, 9.17) is 0 Å². The van der Waals surface area contributed by atoms with E-state index in [1.165, 1.54) is 30.5 Å². The summed E-state index contributed by atoms with van der Waals surface area (Å²) in [5, 5.41) is 6.00. The average molecular weight is 462 g/mol. The zero-order valence-electron chi connectivity index (χ0n) is 17.4. The van der Waals surface area contributed by atoms with Crippen molar-refractivity contribution in [1.82, 2.24) is 5.43 Å². The highest BCUT2D eigenvalue weighted by molar-refractivity contribution is 7.92. The van der Waals surface area contributed by atoms with E-state index in [0.29, 0.717) is 0 Å². The molecule has 0 bridgehead atoms. The lowest BCUT2D eigenvalue weighted by atomic mass is 10.1. The number of hydrazone groups is 1. The van der Waals surface area contributed by atoms with Crippen molar-refractivity contribution in [2.24, 2.45) is 5.10 Å². The van der Waals surface area contributed by atoms with Crippen LogP contribution in [0.25, 0.3) is 10.8 Å². The molecule has 0 saturated carbocycles. The Labute approximate surface area is 191 Å². The summed E-state index contributed by atoms with van der Waals surface area (Å²) >= 11 is 0. The zero-order valence-corrected chi connectivity index (χ0v) is 18.2. The number of amides is 1. The minimum absolute atomic E-state index is 0.0152. The summed E-state index contributed by atoms with van der Waals surface area (Å²) in [6.07, 6.45) is 1.51. The smallest absolute Gasteiger partial charge is 0.264 e. The van der Waals surface area contributed by atoms with Crippen molar-refractivity contribution >= 4 is 38.6 Å². The quantitative estimate of drug-likeness (QED) is 0.329. The van der Waals surface area contributed by atoms with E-state index >= 15 is 0 Å². The van der Waals surface area contributed by atoms with Gasteiger partial charge in [0, 0.05) is 5.56 Å². The van der Waals surface area contributed by atoms with Crippen LogP contribution in [0.5, 0.6) is 0 Å². The van der Waals surface area contributed by atoms with Gasteiger partial charge in [0.1, 0.15) is 12.4 Å². The topological polar surface area (TPSA) is 78.8 Å². The largest absolute Gasteiger partial charge is 0.271 e. The second-order valence-corrected chi connectivity index (χ2v) is 9.03. The monoisotopic (exact) mass is 461 g/mol. The Morgan fingerprint density at radius 1 is 0.879 bits per heavy atom. The third kappa shape index (κ3) is 5.07. The first-order valence-electron chi connectivity index (χ1n) is 10.1. The molecule has 1 N–H and O–H groups in total. The Morgan fingerprint density at radius 2 is 1.55 bits per heavy atom. The Bertz CT molecular complexity index is 1400. The lowest BCUT2D eigenvalue weighted by molar-refractivity contribution is -0.119. The predicted molar refractivity (Wildman–Crippen MR) is 127 cm³/mol. The second kappa shape index (κ2) is 9.62. The van der Waals surface area contributed by atoms with Gasteiger partial charge in [-0.3, -0.25) is 9.10 Å². The van der Waals surface area contributed by atoms with E-state index in [1.54, 1.807) is 18.2 Å². The minimum Gasteiger partial charge on any atom is -0.271 e. The Hall–Kier alpha value is -4.04. The summed E-state index contributed by atoms with van der Waals surface area (Å²) in [7, 11) is -4.07. The fraction of sp³-hybridized carbons (Fsp3) is 0.0400. The molecule has 0 aliphatic carbocycles. The first-order chi connectivity index (χ1) is 15.9. The molecule has 1 amide bonds. The number of sulfonamides is 1. The van der Waals surface area contributed by atoms with Crippen molar-refractivity contribution in [2.45, 2.75) is 4.90 Å². The van der Waals surface area contributed by atoms with E-state index < -0.39 is 28.3 Å². The molecule has 0 atom stereocenters. The van der Waals surface area contributed by atoms with Gasteiger partial charge in [0.05, 0.1) is 16.8 Å². The molecule has 4 rings (SSSR count). The summed E-state index contributed by atoms with van der Waals surface area (Å²) in [5.41, 5.74) is 3.35. The number of anilines is 1. The second-order valence-electron chi connectivity index (χ2n) is 7.16. The van der Waals surface area contributed by atoms with Crippen LogP contribution in [0.3, 0.4) is 0 Å². The van der Waals surface area contributed by atoms with Crippen molar-refractivity contribution in [3.63, 3.8) is 0 Å². The van der Waals surface area contributed by atoms with Crippen LogP contribution in [-0.2, 0) is 14.8 Å². The SMILES string of the molecule is O=C(CN(c1ccc(F)cc1)S(=O)(=O)c1ccccc1)N/N=C\c1cccc2ccccc12. The molecular formula is C25H20FN3O3S. The van der Waals surface area contributed by atoms with Crippen LogP contribution in [0, 0.1) is 5.82 Å². The number of benzene rings is 4. The predicted octanol–water partition coefficient (Wildman–Crippen LogP) is 4.32. The Kier molecular flexibility index (Phi) is 6.46. The fourth-order valence-corrected chi connectivity index (χ4v) is 4.79. The van der Waals surface area contributed by atoms with Gasteiger partial charge in [-0.25, -0.2) is 18.2 Å². The maximum atomic E-state index is 13.4. The number of carbonyl (C=O) groups excluding carboxylic acids is 1. The standard InChI is InChI=1S/C25H20FN3O3S/c26-21-13-15-22(16-14-21)29(33(31,32)23-10-2-1-3-11-23)18-25(30)28-27-17-20-9-6-8-19-7-4-5-12-24(19)20/h1-17H,18H2,(H,28,30)/b27-17-. The molecule has 0 fully saturated rings. The molecule has 166 valence electrons. The maximum Gasteiger partial charge on any atom is 0.264 e. The highest BCUT2D eigenvalue weighted by atomic mass is 32.2. The molecule has 4 aromatic carbocycles. The number of carbonyl (C=O) groups is 1. The van der Waals surface area contributed by atoms with Crippen molar-refractivity contribution in [1.29, 1.82) is 0 Å². The van der Waals surface area contributed by atoms with E-state index in [9.17, 15) is 17.6 Å². The van der Waals surface area contributed by atoms with Gasteiger partial charge in [-0.1, -0.05) is 60.7 Å². The van der Waals surface area contributed by atoms with Crippen molar-refractivity contribution in [3.05, 3.63) is 108 Å². The molecule has 0 saturated heterocycles. The van der Waals surface area contributed by atoms with E-state index in [1.807, 2.05) is 42.5 Å². The van der Waals surface area contributed by atoms with Gasteiger partial charge in [0.2, 0.25) is 0 Å². The van der Waals surface area contributed by atoms with Crippen molar-refractivity contribution < 1.29 is 17.6 Å². The first kappa shape index (κ1) is 22.2. The third-order valence-corrected chi connectivity index (χ3v) is 6.74. The van der Waals surface area contributed by atoms with Gasteiger partial charge in [0.25, 0.3) is 15.9 Å². The molecule has 0 spiro atoms. The van der Waals surface area contributed by atoms with Crippen LogP contribution in [0.1, 0.15) is 5.56 Å². The number of fused-ring (bicyclic) bond motifs is 1. The third-order valence-electron chi connectivity index (χ3n) is 4.95. The molecule has 33 heavy (non-hydrogen) atoms. The number of hydrogen-bond acceptors (Lipinski definition) is 4. The van der Waals surface area contributed by atoms with Crippen LogP contribution in [0.4, 0.5) is 10.1 Å². The maximum absolute atomic E-state index is 13.4.